The van der Waals surface area contributed by atoms with Gasteiger partial charge in [-0.05, 0) is 19.8 Å². The summed E-state index contributed by atoms with van der Waals surface area (Å²) in [6.45, 7) is 4.32. The quantitative estimate of drug-likeness (QED) is 0.383. The minimum Gasteiger partial charge on any atom is -0.466 e. The van der Waals surface area contributed by atoms with Gasteiger partial charge in [0, 0.05) is 6.61 Å². The largest absolute Gasteiger partial charge is 0.466 e. The highest BCUT2D eigenvalue weighted by molar-refractivity contribution is 5.74. The van der Waals surface area contributed by atoms with Crippen LogP contribution in [0.4, 0.5) is 0 Å². The van der Waals surface area contributed by atoms with Gasteiger partial charge in [-0.25, -0.2) is 0 Å². The van der Waals surface area contributed by atoms with Crippen molar-refractivity contribution in [1.82, 2.24) is 0 Å². The molecule has 0 spiro atoms. The number of unbranched alkanes of at least 4 members (excludes halogenated alkanes) is 2. The molecule has 0 amide bonds. The summed E-state index contributed by atoms with van der Waals surface area (Å²) in [7, 11) is 0. The second-order valence-corrected chi connectivity index (χ2v) is 3.44. The Balaban J connectivity index is 4.01. The Morgan fingerprint density at radius 1 is 1.47 bits per heavy atom. The molecule has 0 heterocycles. The molecule has 0 aliphatic carbocycles. The molecule has 3 heteroatoms. The fourth-order valence-electron chi connectivity index (χ4n) is 1.26. The molecule has 1 N–H and O–H groups in total. The van der Waals surface area contributed by atoms with Crippen molar-refractivity contribution < 1.29 is 14.6 Å². The Kier molecular flexibility index (Phi) is 9.18. The lowest BCUT2D eigenvalue weighted by Crippen LogP contribution is -2.17. The Labute approximate surface area is 92.1 Å². The summed E-state index contributed by atoms with van der Waals surface area (Å²) >= 11 is 0. The zero-order valence-corrected chi connectivity index (χ0v) is 9.74. The molecule has 1 atom stereocenters. The lowest BCUT2D eigenvalue weighted by atomic mass is 10.0. The van der Waals surface area contributed by atoms with Crippen LogP contribution < -0.4 is 0 Å². The van der Waals surface area contributed by atoms with Crippen LogP contribution in [0.5, 0.6) is 0 Å². The number of rotatable bonds is 8. The van der Waals surface area contributed by atoms with Crippen LogP contribution in [-0.2, 0) is 9.53 Å². The molecule has 0 aliphatic rings. The molecule has 0 bridgehead atoms. The van der Waals surface area contributed by atoms with Gasteiger partial charge < -0.3 is 9.84 Å². The fraction of sp³-hybridized carbons (Fsp3) is 0.750. The maximum Gasteiger partial charge on any atom is 0.312 e. The third-order valence-corrected chi connectivity index (χ3v) is 2.12. The van der Waals surface area contributed by atoms with Crippen LogP contribution in [0.15, 0.2) is 12.2 Å². The minimum absolute atomic E-state index is 0.0155. The summed E-state index contributed by atoms with van der Waals surface area (Å²) in [6, 6.07) is 0. The van der Waals surface area contributed by atoms with Gasteiger partial charge in [-0.15, -0.1) is 0 Å². The predicted octanol–water partition coefficient (Wildman–Crippen LogP) is 2.29. The number of aliphatic hydroxyl groups excluding tert-OH is 1. The van der Waals surface area contributed by atoms with E-state index >= 15 is 0 Å². The lowest BCUT2D eigenvalue weighted by Gasteiger charge is -2.09. The van der Waals surface area contributed by atoms with Crippen molar-refractivity contribution in [2.24, 2.45) is 5.92 Å². The first-order valence-electron chi connectivity index (χ1n) is 5.70. The minimum atomic E-state index is -0.285. The van der Waals surface area contributed by atoms with E-state index in [4.69, 9.17) is 9.84 Å². The summed E-state index contributed by atoms with van der Waals surface area (Å²) in [6.07, 6.45) is 7.56. The molecule has 88 valence electrons. The van der Waals surface area contributed by atoms with Crippen LogP contribution in [0.3, 0.4) is 0 Å². The Hall–Kier alpha value is -0.830. The monoisotopic (exact) mass is 214 g/mol. The van der Waals surface area contributed by atoms with Crippen molar-refractivity contribution in [3.8, 4) is 0 Å². The molecule has 0 rings (SSSR count). The number of allylic oxidation sites excluding steroid dienone is 1. The molecule has 1 unspecified atom stereocenters. The zero-order valence-electron chi connectivity index (χ0n) is 9.74. The van der Waals surface area contributed by atoms with E-state index < -0.39 is 0 Å². The standard InChI is InChI=1S/C12H22O3/c1-3-5-6-7-8-11(9-10-13)12(14)15-4-2/h7-8,11,13H,3-6,9-10H2,1-2H3/b8-7-. The Bertz CT molecular complexity index is 187. The lowest BCUT2D eigenvalue weighted by molar-refractivity contribution is -0.146. The van der Waals surface area contributed by atoms with E-state index in [-0.39, 0.29) is 18.5 Å². The number of carbonyl (C=O) groups excluding carboxylic acids is 1. The van der Waals surface area contributed by atoms with Crippen LogP contribution in [0, 0.1) is 5.92 Å². The predicted molar refractivity (Wildman–Crippen MR) is 60.5 cm³/mol. The van der Waals surface area contributed by atoms with Crippen molar-refractivity contribution in [1.29, 1.82) is 0 Å². The first-order valence-corrected chi connectivity index (χ1v) is 5.70. The van der Waals surface area contributed by atoms with E-state index in [0.717, 1.165) is 19.3 Å². The second kappa shape index (κ2) is 9.71. The van der Waals surface area contributed by atoms with Crippen molar-refractivity contribution in [2.75, 3.05) is 13.2 Å². The first kappa shape index (κ1) is 14.2. The molecule has 0 saturated heterocycles. The van der Waals surface area contributed by atoms with E-state index in [1.807, 2.05) is 12.2 Å². The third kappa shape index (κ3) is 7.14. The first-order chi connectivity index (χ1) is 7.26. The smallest absolute Gasteiger partial charge is 0.312 e. The molecule has 0 fully saturated rings. The fourth-order valence-corrected chi connectivity index (χ4v) is 1.26. The third-order valence-electron chi connectivity index (χ3n) is 2.12. The van der Waals surface area contributed by atoms with Crippen molar-refractivity contribution in [3.05, 3.63) is 12.2 Å². The number of hydrogen-bond donors (Lipinski definition) is 1. The molecule has 3 nitrogen and oxygen atoms in total. The van der Waals surface area contributed by atoms with Gasteiger partial charge >= 0.3 is 5.97 Å². The van der Waals surface area contributed by atoms with Gasteiger partial charge in [0.1, 0.15) is 0 Å². The maximum atomic E-state index is 11.4. The normalized spacial score (nSPS) is 13.0. The van der Waals surface area contributed by atoms with E-state index in [1.54, 1.807) is 6.92 Å². The molecule has 15 heavy (non-hydrogen) atoms. The van der Waals surface area contributed by atoms with Gasteiger partial charge in [-0.2, -0.15) is 0 Å². The SMILES string of the molecule is CCCC/C=C\C(CCO)C(=O)OCC. The number of aliphatic hydroxyl groups is 1. The summed E-state index contributed by atoms with van der Waals surface area (Å²) in [5, 5.41) is 8.81. The number of esters is 1. The molecular formula is C12H22O3. The van der Waals surface area contributed by atoms with Gasteiger partial charge in [-0.1, -0.05) is 31.9 Å². The average Bonchev–Trinajstić information content (AvgIpc) is 2.23. The maximum absolute atomic E-state index is 11.4. The van der Waals surface area contributed by atoms with Gasteiger partial charge in [0.2, 0.25) is 0 Å². The van der Waals surface area contributed by atoms with Gasteiger partial charge in [0.15, 0.2) is 0 Å². The second-order valence-electron chi connectivity index (χ2n) is 3.44. The van der Waals surface area contributed by atoms with Gasteiger partial charge in [0.05, 0.1) is 12.5 Å². The van der Waals surface area contributed by atoms with E-state index in [1.165, 1.54) is 0 Å². The van der Waals surface area contributed by atoms with Crippen LogP contribution in [0.1, 0.15) is 39.5 Å². The van der Waals surface area contributed by atoms with Gasteiger partial charge in [-0.3, -0.25) is 4.79 Å². The van der Waals surface area contributed by atoms with Crippen molar-refractivity contribution in [2.45, 2.75) is 39.5 Å². The Morgan fingerprint density at radius 2 is 2.20 bits per heavy atom. The molecule has 0 saturated carbocycles. The summed E-state index contributed by atoms with van der Waals surface area (Å²) in [4.78, 5) is 11.4. The summed E-state index contributed by atoms with van der Waals surface area (Å²) in [5.41, 5.74) is 0. The van der Waals surface area contributed by atoms with Crippen molar-refractivity contribution in [3.63, 3.8) is 0 Å². The molecule has 0 aromatic rings. The number of carbonyl (C=O) groups is 1. The van der Waals surface area contributed by atoms with Crippen LogP contribution >= 0.6 is 0 Å². The molecule has 0 aliphatic heterocycles. The van der Waals surface area contributed by atoms with Crippen LogP contribution in [-0.4, -0.2) is 24.3 Å². The van der Waals surface area contributed by atoms with E-state index in [0.29, 0.717) is 13.0 Å². The highest BCUT2D eigenvalue weighted by atomic mass is 16.5. The number of ether oxygens (including phenoxy) is 1. The van der Waals surface area contributed by atoms with Crippen LogP contribution in [0.25, 0.3) is 0 Å². The summed E-state index contributed by atoms with van der Waals surface area (Å²) in [5.74, 6) is -0.522. The molecule has 0 aromatic carbocycles. The topological polar surface area (TPSA) is 46.5 Å². The zero-order chi connectivity index (χ0) is 11.5. The van der Waals surface area contributed by atoms with E-state index in [9.17, 15) is 4.79 Å². The number of hydrogen-bond acceptors (Lipinski definition) is 3. The summed E-state index contributed by atoms with van der Waals surface area (Å²) < 4.78 is 4.91. The highest BCUT2D eigenvalue weighted by Gasteiger charge is 2.15. The van der Waals surface area contributed by atoms with Crippen molar-refractivity contribution >= 4 is 5.97 Å². The van der Waals surface area contributed by atoms with Crippen LogP contribution in [0.2, 0.25) is 0 Å². The molecular weight excluding hydrogens is 192 g/mol. The Morgan fingerprint density at radius 3 is 2.73 bits per heavy atom. The highest BCUT2D eigenvalue weighted by Crippen LogP contribution is 2.09. The average molecular weight is 214 g/mol. The van der Waals surface area contributed by atoms with E-state index in [2.05, 4.69) is 6.92 Å². The molecule has 0 radical (unpaired) electrons. The molecule has 0 aromatic heterocycles. The van der Waals surface area contributed by atoms with Gasteiger partial charge in [0.25, 0.3) is 0 Å².